The van der Waals surface area contributed by atoms with Gasteiger partial charge < -0.3 is 4.90 Å². The molecule has 0 aromatic heterocycles. The Morgan fingerprint density at radius 3 is 2.36 bits per heavy atom. The molecule has 0 aliphatic carbocycles. The summed E-state index contributed by atoms with van der Waals surface area (Å²) < 4.78 is 39.9. The fraction of sp³-hybridized carbons (Fsp3) is 0.350. The van der Waals surface area contributed by atoms with E-state index in [1.807, 2.05) is 0 Å². The number of carbonyl (C=O) groups is 1. The van der Waals surface area contributed by atoms with Crippen LogP contribution in [-0.4, -0.2) is 31.3 Å². The summed E-state index contributed by atoms with van der Waals surface area (Å²) in [7, 11) is -4.81. The number of benzene rings is 2. The molecule has 0 unspecified atom stereocenters. The highest BCUT2D eigenvalue weighted by Gasteiger charge is 2.25. The van der Waals surface area contributed by atoms with Crippen LogP contribution in [0.4, 0.5) is 5.69 Å². The van der Waals surface area contributed by atoms with Crippen molar-refractivity contribution < 1.29 is 17.4 Å². The SMILES string of the molecule is Cc1cc(N2CCCC2=O)ccc1S(=O)(=O)N[C@H](C)c1ccc([S@](C)=O)cc1. The van der Waals surface area contributed by atoms with Gasteiger partial charge in [-0.05, 0) is 61.7 Å². The minimum absolute atomic E-state index is 0.0678. The van der Waals surface area contributed by atoms with E-state index >= 15 is 0 Å². The predicted octanol–water partition coefficient (Wildman–Crippen LogP) is 2.90. The number of sulfonamides is 1. The first-order chi connectivity index (χ1) is 13.2. The van der Waals surface area contributed by atoms with E-state index in [2.05, 4.69) is 4.72 Å². The lowest BCUT2D eigenvalue weighted by atomic mass is 10.1. The van der Waals surface area contributed by atoms with E-state index in [9.17, 15) is 17.4 Å². The third-order valence-electron chi connectivity index (χ3n) is 4.88. The maximum Gasteiger partial charge on any atom is 0.241 e. The van der Waals surface area contributed by atoms with E-state index in [0.29, 0.717) is 23.4 Å². The zero-order valence-electron chi connectivity index (χ0n) is 16.1. The Labute approximate surface area is 168 Å². The molecule has 150 valence electrons. The Kier molecular flexibility index (Phi) is 6.02. The van der Waals surface area contributed by atoms with Crippen molar-refractivity contribution in [3.63, 3.8) is 0 Å². The molecule has 1 saturated heterocycles. The number of aryl methyl sites for hydroxylation is 1. The molecule has 1 aliphatic rings. The van der Waals surface area contributed by atoms with Crippen LogP contribution in [0, 0.1) is 6.92 Å². The zero-order valence-corrected chi connectivity index (χ0v) is 17.8. The second kappa shape index (κ2) is 8.14. The van der Waals surface area contributed by atoms with Crippen LogP contribution in [0.25, 0.3) is 0 Å². The molecule has 3 rings (SSSR count). The van der Waals surface area contributed by atoms with Crippen molar-refractivity contribution in [2.75, 3.05) is 17.7 Å². The highest BCUT2D eigenvalue weighted by Crippen LogP contribution is 2.27. The number of nitrogens with zero attached hydrogens (tertiary/aromatic N) is 1. The van der Waals surface area contributed by atoms with Crippen LogP contribution >= 0.6 is 0 Å². The zero-order chi connectivity index (χ0) is 20.5. The first-order valence-corrected chi connectivity index (χ1v) is 12.1. The van der Waals surface area contributed by atoms with Gasteiger partial charge in [-0.15, -0.1) is 0 Å². The van der Waals surface area contributed by atoms with Crippen molar-refractivity contribution in [3.05, 3.63) is 53.6 Å². The van der Waals surface area contributed by atoms with Gasteiger partial charge in [0.05, 0.1) is 4.90 Å². The summed E-state index contributed by atoms with van der Waals surface area (Å²) in [6.07, 6.45) is 2.95. The maximum absolute atomic E-state index is 12.9. The summed E-state index contributed by atoms with van der Waals surface area (Å²) in [5.41, 5.74) is 2.11. The lowest BCUT2D eigenvalue weighted by Gasteiger charge is -2.19. The Bertz CT molecular complexity index is 1020. The van der Waals surface area contributed by atoms with Crippen LogP contribution in [0.1, 0.15) is 36.9 Å². The van der Waals surface area contributed by atoms with Crippen molar-refractivity contribution in [1.82, 2.24) is 4.72 Å². The molecule has 0 spiro atoms. The van der Waals surface area contributed by atoms with Gasteiger partial charge in [-0.25, -0.2) is 13.1 Å². The smallest absolute Gasteiger partial charge is 0.241 e. The molecule has 6 nitrogen and oxygen atoms in total. The van der Waals surface area contributed by atoms with Crippen molar-refractivity contribution in [3.8, 4) is 0 Å². The van der Waals surface area contributed by atoms with Gasteiger partial charge in [0.25, 0.3) is 0 Å². The average Bonchev–Trinajstić information content (AvgIpc) is 3.07. The third kappa shape index (κ3) is 4.34. The molecule has 1 N–H and O–H groups in total. The first kappa shape index (κ1) is 20.7. The quantitative estimate of drug-likeness (QED) is 0.779. The van der Waals surface area contributed by atoms with Crippen LogP contribution < -0.4 is 9.62 Å². The number of rotatable bonds is 6. The summed E-state index contributed by atoms with van der Waals surface area (Å²) in [5, 5.41) is 0. The normalized spacial score (nSPS) is 17.0. The van der Waals surface area contributed by atoms with Crippen LogP contribution in [0.3, 0.4) is 0 Å². The van der Waals surface area contributed by atoms with E-state index in [4.69, 9.17) is 0 Å². The Balaban J connectivity index is 1.80. The van der Waals surface area contributed by atoms with E-state index in [1.54, 1.807) is 67.5 Å². The van der Waals surface area contributed by atoms with Gasteiger partial charge in [-0.1, -0.05) is 12.1 Å². The number of nitrogens with one attached hydrogen (secondary N) is 1. The molecule has 0 bridgehead atoms. The fourth-order valence-electron chi connectivity index (χ4n) is 3.34. The molecule has 1 heterocycles. The summed E-state index contributed by atoms with van der Waals surface area (Å²) in [6.45, 7) is 4.16. The largest absolute Gasteiger partial charge is 0.312 e. The molecule has 28 heavy (non-hydrogen) atoms. The standard InChI is InChI=1S/C20H24N2O4S2/c1-14-13-17(22-12-4-5-20(22)23)8-11-19(14)28(25,26)21-15(2)16-6-9-18(10-7-16)27(3)24/h6-11,13,15,21H,4-5,12H2,1-3H3/t15-,27+/m1/s1. The summed E-state index contributed by atoms with van der Waals surface area (Å²) in [4.78, 5) is 14.5. The van der Waals surface area contributed by atoms with Gasteiger partial charge in [0.15, 0.2) is 0 Å². The van der Waals surface area contributed by atoms with Crippen molar-refractivity contribution in [1.29, 1.82) is 0 Å². The molecule has 2 aromatic rings. The molecule has 1 aliphatic heterocycles. The van der Waals surface area contributed by atoms with Crippen molar-refractivity contribution in [2.45, 2.75) is 42.5 Å². The van der Waals surface area contributed by atoms with Gasteiger partial charge in [-0.2, -0.15) is 0 Å². The molecule has 1 fully saturated rings. The Hall–Kier alpha value is -2.03. The predicted molar refractivity (Wildman–Crippen MR) is 110 cm³/mol. The molecule has 1 amide bonds. The van der Waals surface area contributed by atoms with Crippen molar-refractivity contribution in [2.24, 2.45) is 0 Å². The average molecular weight is 421 g/mol. The van der Waals surface area contributed by atoms with Crippen LogP contribution in [-0.2, 0) is 25.6 Å². The van der Waals surface area contributed by atoms with Gasteiger partial charge in [0.1, 0.15) is 0 Å². The number of carbonyl (C=O) groups excluding carboxylic acids is 1. The first-order valence-electron chi connectivity index (χ1n) is 9.06. The lowest BCUT2D eigenvalue weighted by Crippen LogP contribution is -2.28. The molecular formula is C20H24N2O4S2. The number of anilines is 1. The number of amides is 1. The number of hydrogen-bond acceptors (Lipinski definition) is 4. The maximum atomic E-state index is 12.9. The van der Waals surface area contributed by atoms with E-state index in [-0.39, 0.29) is 10.8 Å². The highest BCUT2D eigenvalue weighted by molar-refractivity contribution is 7.89. The van der Waals surface area contributed by atoms with E-state index < -0.39 is 26.9 Å². The molecule has 0 radical (unpaired) electrons. The third-order valence-corrected chi connectivity index (χ3v) is 7.51. The molecule has 8 heteroatoms. The lowest BCUT2D eigenvalue weighted by molar-refractivity contribution is -0.117. The minimum atomic E-state index is -3.73. The Morgan fingerprint density at radius 1 is 1.14 bits per heavy atom. The van der Waals surface area contributed by atoms with Gasteiger partial charge >= 0.3 is 0 Å². The molecular weight excluding hydrogens is 396 g/mol. The topological polar surface area (TPSA) is 83.6 Å². The second-order valence-corrected chi connectivity index (χ2v) is 10.0. The molecule has 2 aromatic carbocycles. The van der Waals surface area contributed by atoms with Crippen LogP contribution in [0.2, 0.25) is 0 Å². The van der Waals surface area contributed by atoms with Gasteiger partial charge in [0, 0.05) is 46.6 Å². The Morgan fingerprint density at radius 2 is 1.82 bits per heavy atom. The van der Waals surface area contributed by atoms with Gasteiger partial charge in [0.2, 0.25) is 15.9 Å². The molecule has 0 saturated carbocycles. The van der Waals surface area contributed by atoms with Gasteiger partial charge in [-0.3, -0.25) is 9.00 Å². The number of hydrogen-bond donors (Lipinski definition) is 1. The van der Waals surface area contributed by atoms with Crippen LogP contribution in [0.5, 0.6) is 0 Å². The summed E-state index contributed by atoms with van der Waals surface area (Å²) in [6, 6.07) is 11.6. The van der Waals surface area contributed by atoms with E-state index in [1.165, 1.54) is 0 Å². The van der Waals surface area contributed by atoms with Crippen molar-refractivity contribution >= 4 is 32.4 Å². The summed E-state index contributed by atoms with van der Waals surface area (Å²) in [5.74, 6) is 0.0678. The van der Waals surface area contributed by atoms with E-state index in [0.717, 1.165) is 17.7 Å². The van der Waals surface area contributed by atoms with Crippen LogP contribution in [0.15, 0.2) is 52.3 Å². The fourth-order valence-corrected chi connectivity index (χ4v) is 5.31. The summed E-state index contributed by atoms with van der Waals surface area (Å²) >= 11 is 0. The highest BCUT2D eigenvalue weighted by atomic mass is 32.2. The molecule has 2 atom stereocenters. The minimum Gasteiger partial charge on any atom is -0.312 e. The monoisotopic (exact) mass is 420 g/mol. The second-order valence-electron chi connectivity index (χ2n) is 6.96.